The van der Waals surface area contributed by atoms with Gasteiger partial charge in [-0.15, -0.1) is 10.2 Å². The number of rotatable bonds is 8. The monoisotopic (exact) mass is 521 g/mol. The van der Waals surface area contributed by atoms with Gasteiger partial charge in [0.25, 0.3) is 11.8 Å². The highest BCUT2D eigenvalue weighted by molar-refractivity contribution is 9.10. The van der Waals surface area contributed by atoms with E-state index >= 15 is 0 Å². The summed E-state index contributed by atoms with van der Waals surface area (Å²) in [5.41, 5.74) is 4.07. The first kappa shape index (κ1) is 23.9. The Kier molecular flexibility index (Phi) is 7.26. The molecule has 0 saturated carbocycles. The van der Waals surface area contributed by atoms with Crippen LogP contribution in [0, 0.1) is 12.8 Å². The fourth-order valence-electron chi connectivity index (χ4n) is 3.66. The Hall–Kier alpha value is -3.26. The summed E-state index contributed by atoms with van der Waals surface area (Å²) in [6.07, 6.45) is 1.85. The van der Waals surface area contributed by atoms with Crippen molar-refractivity contribution in [2.24, 2.45) is 5.92 Å². The Bertz CT molecular complexity index is 1280. The lowest BCUT2D eigenvalue weighted by atomic mass is 10.1. The fraction of sp³-hybridized carbons (Fsp3) is 0.308. The van der Waals surface area contributed by atoms with Crippen molar-refractivity contribution in [2.45, 2.75) is 46.6 Å². The largest absolute Gasteiger partial charge is 0.420 e. The zero-order valence-corrected chi connectivity index (χ0v) is 21.3. The van der Waals surface area contributed by atoms with Crippen LogP contribution in [0.2, 0.25) is 0 Å². The summed E-state index contributed by atoms with van der Waals surface area (Å²) >= 11 is 3.45. The molecule has 8 heteroatoms. The van der Waals surface area contributed by atoms with Crippen molar-refractivity contribution in [3.05, 3.63) is 81.8 Å². The molecule has 1 amide bonds. The van der Waals surface area contributed by atoms with Crippen molar-refractivity contribution < 1.29 is 9.21 Å². The quantitative estimate of drug-likeness (QED) is 0.304. The number of nitrogens with zero attached hydrogens (tertiary/aromatic N) is 4. The Morgan fingerprint density at radius 3 is 2.53 bits per heavy atom. The number of halogens is 1. The van der Waals surface area contributed by atoms with Crippen LogP contribution in [-0.4, -0.2) is 25.9 Å². The molecule has 0 aliphatic heterocycles. The molecule has 34 heavy (non-hydrogen) atoms. The topological polar surface area (TPSA) is 85.8 Å². The molecule has 0 aliphatic rings. The lowest BCUT2D eigenvalue weighted by molar-refractivity contribution is 0.0940. The molecular weight excluding hydrogens is 494 g/mol. The average molecular weight is 522 g/mol. The van der Waals surface area contributed by atoms with Crippen molar-refractivity contribution in [3.63, 3.8) is 0 Å². The van der Waals surface area contributed by atoms with Gasteiger partial charge in [0.1, 0.15) is 5.69 Å². The molecule has 4 rings (SSSR count). The number of carbonyl (C=O) groups is 1. The molecule has 2 aromatic heterocycles. The number of benzene rings is 2. The number of nitrogens with one attached hydrogen (secondary N) is 1. The number of aryl methyl sites for hydroxylation is 2. The minimum Gasteiger partial charge on any atom is -0.420 e. The highest BCUT2D eigenvalue weighted by Gasteiger charge is 2.18. The number of hydrogen-bond donors (Lipinski definition) is 1. The zero-order chi connectivity index (χ0) is 24.2. The summed E-state index contributed by atoms with van der Waals surface area (Å²) in [5.74, 6) is 1.29. The molecule has 0 bridgehead atoms. The van der Waals surface area contributed by atoms with Gasteiger partial charge in [-0.1, -0.05) is 48.0 Å². The second-order valence-electron chi connectivity index (χ2n) is 8.79. The molecule has 2 aromatic carbocycles. The summed E-state index contributed by atoms with van der Waals surface area (Å²) in [6, 6.07) is 17.3. The van der Waals surface area contributed by atoms with E-state index in [0.717, 1.165) is 34.3 Å². The molecule has 1 atom stereocenters. The normalized spacial score (nSPS) is 12.2. The van der Waals surface area contributed by atoms with E-state index in [-0.39, 0.29) is 11.9 Å². The molecule has 2 heterocycles. The molecule has 7 nitrogen and oxygen atoms in total. The molecule has 4 aromatic rings. The van der Waals surface area contributed by atoms with Crippen molar-refractivity contribution in [1.82, 2.24) is 25.3 Å². The van der Waals surface area contributed by atoms with Crippen LogP contribution < -0.4 is 5.32 Å². The van der Waals surface area contributed by atoms with Gasteiger partial charge in [-0.3, -0.25) is 4.79 Å². The molecule has 1 N–H and O–H groups in total. The summed E-state index contributed by atoms with van der Waals surface area (Å²) in [5, 5.41) is 15.9. The predicted molar refractivity (Wildman–Crippen MR) is 135 cm³/mol. The van der Waals surface area contributed by atoms with Gasteiger partial charge in [0, 0.05) is 22.7 Å². The highest BCUT2D eigenvalue weighted by atomic mass is 79.9. The third kappa shape index (κ3) is 5.62. The van der Waals surface area contributed by atoms with Crippen LogP contribution in [0.4, 0.5) is 0 Å². The molecular formula is C26H28BrN5O2. The maximum Gasteiger partial charge on any atom is 0.268 e. The highest BCUT2D eigenvalue weighted by Crippen LogP contribution is 2.24. The molecule has 0 spiro atoms. The van der Waals surface area contributed by atoms with E-state index < -0.39 is 0 Å². The first-order valence-corrected chi connectivity index (χ1v) is 12.2. The van der Waals surface area contributed by atoms with Crippen molar-refractivity contribution >= 4 is 21.8 Å². The smallest absolute Gasteiger partial charge is 0.268 e. The first-order chi connectivity index (χ1) is 16.3. The maximum atomic E-state index is 13.0. The number of carbonyl (C=O) groups excluding carboxylic acids is 1. The Labute approximate surface area is 207 Å². The molecule has 0 radical (unpaired) electrons. The van der Waals surface area contributed by atoms with E-state index in [2.05, 4.69) is 45.3 Å². The third-order valence-corrected chi connectivity index (χ3v) is 6.11. The Balaban J connectivity index is 1.61. The van der Waals surface area contributed by atoms with Crippen LogP contribution in [0.15, 0.2) is 63.5 Å². The van der Waals surface area contributed by atoms with Gasteiger partial charge < -0.3 is 9.73 Å². The summed E-state index contributed by atoms with van der Waals surface area (Å²) in [6.45, 7) is 8.12. The van der Waals surface area contributed by atoms with Crippen LogP contribution >= 0.6 is 15.9 Å². The summed E-state index contributed by atoms with van der Waals surface area (Å²) < 4.78 is 8.46. The Morgan fingerprint density at radius 2 is 1.85 bits per heavy atom. The van der Waals surface area contributed by atoms with Crippen LogP contribution in [0.3, 0.4) is 0 Å². The van der Waals surface area contributed by atoms with E-state index in [0.29, 0.717) is 29.0 Å². The zero-order valence-electron chi connectivity index (χ0n) is 19.7. The molecule has 0 unspecified atom stereocenters. The fourth-order valence-corrected chi connectivity index (χ4v) is 3.92. The SMILES string of the molecule is Cc1nnc(-c2cc(CCC(C)C)n(-c3cccc(C(=O)N[C@H](C)c4ccc(Br)cc4)c3)n2)o1. The minimum atomic E-state index is -0.138. The minimum absolute atomic E-state index is 0.122. The number of aromatic nitrogens is 4. The predicted octanol–water partition coefficient (Wildman–Crippen LogP) is 6.07. The third-order valence-electron chi connectivity index (χ3n) is 5.58. The van der Waals surface area contributed by atoms with Crippen molar-refractivity contribution in [2.75, 3.05) is 0 Å². The second-order valence-corrected chi connectivity index (χ2v) is 9.70. The van der Waals surface area contributed by atoms with Gasteiger partial charge in [0.2, 0.25) is 5.89 Å². The lowest BCUT2D eigenvalue weighted by Crippen LogP contribution is -2.26. The summed E-state index contributed by atoms with van der Waals surface area (Å²) in [4.78, 5) is 13.0. The van der Waals surface area contributed by atoms with E-state index in [1.165, 1.54) is 0 Å². The van der Waals surface area contributed by atoms with Gasteiger partial charge in [0.05, 0.1) is 11.7 Å². The van der Waals surface area contributed by atoms with Crippen LogP contribution in [0.1, 0.15) is 60.7 Å². The van der Waals surface area contributed by atoms with Gasteiger partial charge in [-0.25, -0.2) is 4.68 Å². The van der Waals surface area contributed by atoms with Crippen LogP contribution in [0.5, 0.6) is 0 Å². The standard InChI is InChI=1S/C26H28BrN5O2/c1-16(2)8-13-23-15-24(26-30-29-18(4)34-26)31-32(23)22-7-5-6-20(14-22)25(33)28-17(3)19-9-11-21(27)12-10-19/h5-7,9-12,14-17H,8,13H2,1-4H3,(H,28,33)/t17-/m1/s1. The number of amides is 1. The second kappa shape index (κ2) is 10.3. The van der Waals surface area contributed by atoms with Crippen molar-refractivity contribution in [3.8, 4) is 17.3 Å². The lowest BCUT2D eigenvalue weighted by Gasteiger charge is -2.15. The summed E-state index contributed by atoms with van der Waals surface area (Å²) in [7, 11) is 0. The van der Waals surface area contributed by atoms with Crippen molar-refractivity contribution in [1.29, 1.82) is 0 Å². The van der Waals surface area contributed by atoms with E-state index in [9.17, 15) is 4.79 Å². The molecule has 0 aliphatic carbocycles. The van der Waals surface area contributed by atoms with Crippen LogP contribution in [-0.2, 0) is 6.42 Å². The first-order valence-electron chi connectivity index (χ1n) is 11.4. The molecule has 176 valence electrons. The van der Waals surface area contributed by atoms with E-state index in [1.54, 1.807) is 6.92 Å². The average Bonchev–Trinajstić information content (AvgIpc) is 3.44. The van der Waals surface area contributed by atoms with Gasteiger partial charge in [-0.2, -0.15) is 5.10 Å². The molecule has 0 saturated heterocycles. The van der Waals surface area contributed by atoms with Crippen LogP contribution in [0.25, 0.3) is 17.3 Å². The van der Waals surface area contributed by atoms with Gasteiger partial charge >= 0.3 is 0 Å². The Morgan fingerprint density at radius 1 is 1.09 bits per heavy atom. The van der Waals surface area contributed by atoms with Gasteiger partial charge in [0.15, 0.2) is 0 Å². The maximum absolute atomic E-state index is 13.0. The molecule has 0 fully saturated rings. The number of hydrogen-bond acceptors (Lipinski definition) is 5. The van der Waals surface area contributed by atoms with Gasteiger partial charge in [-0.05, 0) is 67.6 Å². The van der Waals surface area contributed by atoms with E-state index in [4.69, 9.17) is 9.52 Å². The van der Waals surface area contributed by atoms with E-state index in [1.807, 2.05) is 66.2 Å².